The number of rotatable bonds is 4. The molecule has 0 aliphatic rings. The van der Waals surface area contributed by atoms with Crippen LogP contribution in [-0.2, 0) is 6.42 Å². The highest BCUT2D eigenvalue weighted by Crippen LogP contribution is 2.29. The zero-order valence-electron chi connectivity index (χ0n) is 9.46. The minimum absolute atomic E-state index is 0.192. The Kier molecular flexibility index (Phi) is 4.97. The van der Waals surface area contributed by atoms with Crippen molar-refractivity contribution in [2.75, 3.05) is 0 Å². The lowest BCUT2D eigenvalue weighted by Crippen LogP contribution is -2.18. The van der Waals surface area contributed by atoms with Crippen molar-refractivity contribution in [2.45, 2.75) is 43.4 Å². The summed E-state index contributed by atoms with van der Waals surface area (Å²) in [7, 11) is 0. The minimum atomic E-state index is 0.192. The maximum absolute atomic E-state index is 5.99. The Morgan fingerprint density at radius 2 is 2.00 bits per heavy atom. The predicted octanol–water partition coefficient (Wildman–Crippen LogP) is 3.73. The number of thioether (sulfide) groups is 1. The van der Waals surface area contributed by atoms with Gasteiger partial charge in [-0.25, -0.2) is 0 Å². The Balaban J connectivity index is 2.92. The van der Waals surface area contributed by atoms with E-state index in [0.29, 0.717) is 5.25 Å². The summed E-state index contributed by atoms with van der Waals surface area (Å²) >= 11 is 7.83. The van der Waals surface area contributed by atoms with Gasteiger partial charge in [-0.05, 0) is 31.0 Å². The van der Waals surface area contributed by atoms with Gasteiger partial charge < -0.3 is 5.73 Å². The van der Waals surface area contributed by atoms with E-state index in [2.05, 4.69) is 19.9 Å². The maximum Gasteiger partial charge on any atom is 0.0417 e. The first-order chi connectivity index (χ1) is 6.99. The average molecular weight is 244 g/mol. The van der Waals surface area contributed by atoms with Gasteiger partial charge in [0.25, 0.3) is 0 Å². The molecule has 1 aromatic carbocycles. The van der Waals surface area contributed by atoms with Crippen molar-refractivity contribution in [2.24, 2.45) is 5.73 Å². The molecule has 2 N–H and O–H groups in total. The summed E-state index contributed by atoms with van der Waals surface area (Å²) in [4.78, 5) is 1.26. The first kappa shape index (κ1) is 12.9. The number of hydrogen-bond donors (Lipinski definition) is 1. The molecule has 0 amide bonds. The number of benzene rings is 1. The van der Waals surface area contributed by atoms with Gasteiger partial charge in [0.2, 0.25) is 0 Å². The first-order valence-electron chi connectivity index (χ1n) is 5.19. The fourth-order valence-corrected chi connectivity index (χ4v) is 2.65. The van der Waals surface area contributed by atoms with Crippen molar-refractivity contribution in [3.8, 4) is 0 Å². The third-order valence-electron chi connectivity index (χ3n) is 1.93. The summed E-state index contributed by atoms with van der Waals surface area (Å²) in [6, 6.07) is 6.24. The summed E-state index contributed by atoms with van der Waals surface area (Å²) in [5.74, 6) is 0. The molecule has 0 saturated heterocycles. The van der Waals surface area contributed by atoms with E-state index >= 15 is 0 Å². The molecule has 1 atom stereocenters. The molecule has 1 aromatic rings. The van der Waals surface area contributed by atoms with Gasteiger partial charge in [0.05, 0.1) is 0 Å². The topological polar surface area (TPSA) is 26.0 Å². The van der Waals surface area contributed by atoms with E-state index in [1.54, 1.807) is 0 Å². The van der Waals surface area contributed by atoms with Gasteiger partial charge in [-0.3, -0.25) is 0 Å². The molecule has 0 bridgehead atoms. The smallest absolute Gasteiger partial charge is 0.0417 e. The quantitative estimate of drug-likeness (QED) is 0.816. The van der Waals surface area contributed by atoms with Crippen LogP contribution in [0.4, 0.5) is 0 Å². The predicted molar refractivity (Wildman–Crippen MR) is 69.8 cm³/mol. The molecule has 1 nitrogen and oxygen atoms in total. The molecule has 15 heavy (non-hydrogen) atoms. The molecule has 0 spiro atoms. The van der Waals surface area contributed by atoms with Crippen LogP contribution in [0.1, 0.15) is 26.3 Å². The van der Waals surface area contributed by atoms with Crippen molar-refractivity contribution >= 4 is 23.4 Å². The summed E-state index contributed by atoms with van der Waals surface area (Å²) in [6.45, 7) is 6.39. The molecule has 0 heterocycles. The summed E-state index contributed by atoms with van der Waals surface area (Å²) < 4.78 is 0. The van der Waals surface area contributed by atoms with Crippen LogP contribution in [0.15, 0.2) is 23.1 Å². The molecule has 0 radical (unpaired) electrons. The monoisotopic (exact) mass is 243 g/mol. The standard InChI is InChI=1S/C12H18ClNS/c1-8(2)15-12-7-11(13)5-4-10(12)6-9(3)14/h4-5,7-9H,6,14H2,1-3H3. The molecular formula is C12H18ClNS. The SMILES string of the molecule is CC(N)Cc1ccc(Cl)cc1SC(C)C. The van der Waals surface area contributed by atoms with Crippen LogP contribution in [0.5, 0.6) is 0 Å². The lowest BCUT2D eigenvalue weighted by Gasteiger charge is -2.13. The highest BCUT2D eigenvalue weighted by Gasteiger charge is 2.08. The van der Waals surface area contributed by atoms with E-state index in [1.165, 1.54) is 10.5 Å². The Labute approximate surface area is 101 Å². The van der Waals surface area contributed by atoms with Gasteiger partial charge in [0, 0.05) is 21.2 Å². The van der Waals surface area contributed by atoms with Crippen LogP contribution in [0.3, 0.4) is 0 Å². The average Bonchev–Trinajstić information content (AvgIpc) is 2.08. The van der Waals surface area contributed by atoms with E-state index < -0.39 is 0 Å². The van der Waals surface area contributed by atoms with Crippen molar-refractivity contribution in [3.05, 3.63) is 28.8 Å². The van der Waals surface area contributed by atoms with Gasteiger partial charge in [-0.15, -0.1) is 11.8 Å². The fourth-order valence-electron chi connectivity index (χ4n) is 1.41. The highest BCUT2D eigenvalue weighted by atomic mass is 35.5. The van der Waals surface area contributed by atoms with Crippen LogP contribution in [0, 0.1) is 0 Å². The summed E-state index contributed by atoms with van der Waals surface area (Å²) in [5, 5.41) is 1.36. The number of nitrogens with two attached hydrogens (primary N) is 1. The Morgan fingerprint density at radius 1 is 1.33 bits per heavy atom. The van der Waals surface area contributed by atoms with Crippen LogP contribution >= 0.6 is 23.4 Å². The van der Waals surface area contributed by atoms with Crippen molar-refractivity contribution < 1.29 is 0 Å². The van der Waals surface area contributed by atoms with Gasteiger partial charge in [0.1, 0.15) is 0 Å². The molecular weight excluding hydrogens is 226 g/mol. The van der Waals surface area contributed by atoms with Crippen LogP contribution < -0.4 is 5.73 Å². The molecule has 3 heteroatoms. The van der Waals surface area contributed by atoms with Gasteiger partial charge in [-0.2, -0.15) is 0 Å². The van der Waals surface area contributed by atoms with Crippen LogP contribution in [0.25, 0.3) is 0 Å². The number of halogens is 1. The molecule has 0 aliphatic heterocycles. The van der Waals surface area contributed by atoms with E-state index in [9.17, 15) is 0 Å². The molecule has 0 aromatic heterocycles. The Morgan fingerprint density at radius 3 is 2.53 bits per heavy atom. The molecule has 1 rings (SSSR count). The zero-order valence-corrected chi connectivity index (χ0v) is 11.0. The molecule has 0 saturated carbocycles. The lowest BCUT2D eigenvalue weighted by molar-refractivity contribution is 0.729. The Bertz CT molecular complexity index is 323. The van der Waals surface area contributed by atoms with E-state index in [0.717, 1.165) is 11.4 Å². The van der Waals surface area contributed by atoms with Crippen LogP contribution in [0.2, 0.25) is 5.02 Å². The Hall–Kier alpha value is -0.180. The fraction of sp³-hybridized carbons (Fsp3) is 0.500. The van der Waals surface area contributed by atoms with Crippen molar-refractivity contribution in [1.29, 1.82) is 0 Å². The van der Waals surface area contributed by atoms with Gasteiger partial charge >= 0.3 is 0 Å². The summed E-state index contributed by atoms with van der Waals surface area (Å²) in [6.07, 6.45) is 0.909. The highest BCUT2D eigenvalue weighted by molar-refractivity contribution is 8.00. The molecule has 0 fully saturated rings. The van der Waals surface area contributed by atoms with Crippen molar-refractivity contribution in [3.63, 3.8) is 0 Å². The third-order valence-corrected chi connectivity index (χ3v) is 3.27. The van der Waals surface area contributed by atoms with E-state index in [4.69, 9.17) is 17.3 Å². The van der Waals surface area contributed by atoms with Crippen LogP contribution in [-0.4, -0.2) is 11.3 Å². The summed E-state index contributed by atoms with van der Waals surface area (Å²) in [5.41, 5.74) is 7.12. The van der Waals surface area contributed by atoms with Gasteiger partial charge in [0.15, 0.2) is 0 Å². The third kappa shape index (κ3) is 4.45. The second-order valence-corrected chi connectivity index (χ2v) is 6.15. The first-order valence-corrected chi connectivity index (χ1v) is 6.45. The zero-order chi connectivity index (χ0) is 11.4. The van der Waals surface area contributed by atoms with E-state index in [-0.39, 0.29) is 6.04 Å². The molecule has 0 aliphatic carbocycles. The van der Waals surface area contributed by atoms with E-state index in [1.807, 2.05) is 30.8 Å². The van der Waals surface area contributed by atoms with Crippen molar-refractivity contribution in [1.82, 2.24) is 0 Å². The lowest BCUT2D eigenvalue weighted by atomic mass is 10.1. The second-order valence-electron chi connectivity index (χ2n) is 4.10. The normalized spacial score (nSPS) is 13.2. The minimum Gasteiger partial charge on any atom is -0.328 e. The maximum atomic E-state index is 5.99. The second kappa shape index (κ2) is 5.78. The largest absolute Gasteiger partial charge is 0.328 e. The number of hydrogen-bond acceptors (Lipinski definition) is 2. The molecule has 1 unspecified atom stereocenters. The molecule has 84 valence electrons. The van der Waals surface area contributed by atoms with Gasteiger partial charge in [-0.1, -0.05) is 31.5 Å².